The standard InChI is InChI=1S/C17H20N4/c1-3-17-14(13-20(2)19-17)12-18-15-7-6-8-16(11-15)21-9-4-5-10-21/h4-11,13,18H,3,12H2,1-2H3. The van der Waals surface area contributed by atoms with Gasteiger partial charge in [-0.15, -0.1) is 0 Å². The molecular weight excluding hydrogens is 260 g/mol. The lowest BCUT2D eigenvalue weighted by Gasteiger charge is -2.09. The van der Waals surface area contributed by atoms with E-state index in [4.69, 9.17) is 0 Å². The molecular formula is C17H20N4. The molecule has 4 nitrogen and oxygen atoms in total. The Bertz CT molecular complexity index is 710. The normalized spacial score (nSPS) is 10.8. The summed E-state index contributed by atoms with van der Waals surface area (Å²) in [5.41, 5.74) is 4.69. The lowest BCUT2D eigenvalue weighted by molar-refractivity contribution is 0.746. The highest BCUT2D eigenvalue weighted by molar-refractivity contribution is 5.51. The van der Waals surface area contributed by atoms with Gasteiger partial charge in [0.15, 0.2) is 0 Å². The van der Waals surface area contributed by atoms with Crippen LogP contribution in [-0.4, -0.2) is 14.3 Å². The van der Waals surface area contributed by atoms with Crippen LogP contribution in [0.15, 0.2) is 55.0 Å². The van der Waals surface area contributed by atoms with Crippen molar-refractivity contribution in [2.75, 3.05) is 5.32 Å². The molecule has 0 amide bonds. The molecule has 0 aliphatic carbocycles. The number of anilines is 1. The molecule has 0 aliphatic heterocycles. The van der Waals surface area contributed by atoms with Gasteiger partial charge in [-0.1, -0.05) is 13.0 Å². The minimum absolute atomic E-state index is 0.798. The molecule has 4 heteroatoms. The van der Waals surface area contributed by atoms with Crippen molar-refractivity contribution in [2.24, 2.45) is 7.05 Å². The van der Waals surface area contributed by atoms with Gasteiger partial charge in [-0.25, -0.2) is 0 Å². The predicted octanol–water partition coefficient (Wildman–Crippen LogP) is 3.39. The molecule has 0 saturated carbocycles. The molecule has 2 aromatic heterocycles. The largest absolute Gasteiger partial charge is 0.381 e. The summed E-state index contributed by atoms with van der Waals surface area (Å²) in [4.78, 5) is 0. The first-order valence-corrected chi connectivity index (χ1v) is 7.25. The quantitative estimate of drug-likeness (QED) is 0.777. The lowest BCUT2D eigenvalue weighted by Crippen LogP contribution is -2.01. The van der Waals surface area contributed by atoms with Gasteiger partial charge in [0.05, 0.1) is 5.69 Å². The Labute approximate surface area is 125 Å². The molecule has 108 valence electrons. The highest BCUT2D eigenvalue weighted by Crippen LogP contribution is 2.16. The molecule has 0 saturated heterocycles. The average molecular weight is 280 g/mol. The topological polar surface area (TPSA) is 34.8 Å². The first kappa shape index (κ1) is 13.5. The maximum Gasteiger partial charge on any atom is 0.0671 e. The second-order valence-electron chi connectivity index (χ2n) is 5.12. The fourth-order valence-corrected chi connectivity index (χ4v) is 2.51. The van der Waals surface area contributed by atoms with Crippen LogP contribution in [0, 0.1) is 0 Å². The fraction of sp³-hybridized carbons (Fsp3) is 0.235. The number of benzene rings is 1. The van der Waals surface area contributed by atoms with Crippen LogP contribution in [-0.2, 0) is 20.0 Å². The van der Waals surface area contributed by atoms with Crippen LogP contribution in [0.4, 0.5) is 5.69 Å². The van der Waals surface area contributed by atoms with E-state index in [9.17, 15) is 0 Å². The Hall–Kier alpha value is -2.49. The van der Waals surface area contributed by atoms with E-state index in [-0.39, 0.29) is 0 Å². The van der Waals surface area contributed by atoms with E-state index in [1.54, 1.807) is 0 Å². The molecule has 0 unspecified atom stereocenters. The van der Waals surface area contributed by atoms with E-state index < -0.39 is 0 Å². The van der Waals surface area contributed by atoms with Crippen LogP contribution in [0.2, 0.25) is 0 Å². The monoisotopic (exact) mass is 280 g/mol. The molecule has 0 fully saturated rings. The van der Waals surface area contributed by atoms with Crippen LogP contribution in [0.3, 0.4) is 0 Å². The third-order valence-electron chi connectivity index (χ3n) is 3.56. The van der Waals surface area contributed by atoms with Gasteiger partial charge in [0.1, 0.15) is 0 Å². The second kappa shape index (κ2) is 5.87. The molecule has 1 aromatic carbocycles. The van der Waals surface area contributed by atoms with Crippen LogP contribution < -0.4 is 5.32 Å². The van der Waals surface area contributed by atoms with Crippen LogP contribution in [0.25, 0.3) is 5.69 Å². The molecule has 0 atom stereocenters. The van der Waals surface area contributed by atoms with Crippen LogP contribution in [0.5, 0.6) is 0 Å². The summed E-state index contributed by atoms with van der Waals surface area (Å²) in [6, 6.07) is 12.5. The van der Waals surface area contributed by atoms with Crippen molar-refractivity contribution in [3.63, 3.8) is 0 Å². The number of rotatable bonds is 5. The minimum Gasteiger partial charge on any atom is -0.381 e. The molecule has 0 bridgehead atoms. The predicted molar refractivity (Wildman–Crippen MR) is 85.7 cm³/mol. The first-order valence-electron chi connectivity index (χ1n) is 7.25. The Morgan fingerprint density at radius 2 is 1.95 bits per heavy atom. The summed E-state index contributed by atoms with van der Waals surface area (Å²) in [5, 5.41) is 7.96. The summed E-state index contributed by atoms with van der Waals surface area (Å²) in [6.45, 7) is 2.94. The molecule has 21 heavy (non-hydrogen) atoms. The van der Waals surface area contributed by atoms with Crippen molar-refractivity contribution in [2.45, 2.75) is 19.9 Å². The van der Waals surface area contributed by atoms with Gasteiger partial charge in [-0.05, 0) is 36.8 Å². The van der Waals surface area contributed by atoms with Gasteiger partial charge < -0.3 is 9.88 Å². The van der Waals surface area contributed by atoms with E-state index >= 15 is 0 Å². The van der Waals surface area contributed by atoms with Gasteiger partial charge in [0, 0.05) is 49.1 Å². The Balaban J connectivity index is 1.75. The number of nitrogens with zero attached hydrogens (tertiary/aromatic N) is 3. The second-order valence-corrected chi connectivity index (χ2v) is 5.12. The smallest absolute Gasteiger partial charge is 0.0671 e. The van der Waals surface area contributed by atoms with Crippen molar-refractivity contribution in [1.29, 1.82) is 0 Å². The van der Waals surface area contributed by atoms with Crippen molar-refractivity contribution in [3.8, 4) is 5.69 Å². The number of hydrogen-bond donors (Lipinski definition) is 1. The average Bonchev–Trinajstić information content (AvgIpc) is 3.14. The van der Waals surface area contributed by atoms with Gasteiger partial charge in [0.2, 0.25) is 0 Å². The highest BCUT2D eigenvalue weighted by Gasteiger charge is 2.05. The summed E-state index contributed by atoms with van der Waals surface area (Å²) in [6.07, 6.45) is 7.15. The van der Waals surface area contributed by atoms with E-state index in [1.807, 2.05) is 23.9 Å². The van der Waals surface area contributed by atoms with E-state index in [1.165, 1.54) is 5.56 Å². The summed E-state index contributed by atoms with van der Waals surface area (Å²) in [5.74, 6) is 0. The van der Waals surface area contributed by atoms with Crippen LogP contribution >= 0.6 is 0 Å². The molecule has 2 heterocycles. The highest BCUT2D eigenvalue weighted by atomic mass is 15.3. The third-order valence-corrected chi connectivity index (χ3v) is 3.56. The van der Waals surface area contributed by atoms with Crippen LogP contribution in [0.1, 0.15) is 18.2 Å². The molecule has 3 aromatic rings. The third kappa shape index (κ3) is 2.99. The number of nitrogens with one attached hydrogen (secondary N) is 1. The molecule has 0 radical (unpaired) electrons. The first-order chi connectivity index (χ1) is 10.3. The van der Waals surface area contributed by atoms with E-state index in [2.05, 4.69) is 64.8 Å². The van der Waals surface area contributed by atoms with Crippen molar-refractivity contribution < 1.29 is 0 Å². The summed E-state index contributed by atoms with van der Waals surface area (Å²) < 4.78 is 3.98. The zero-order chi connectivity index (χ0) is 14.7. The maximum atomic E-state index is 4.47. The van der Waals surface area contributed by atoms with E-state index in [0.717, 1.165) is 30.0 Å². The zero-order valence-corrected chi connectivity index (χ0v) is 12.5. The number of hydrogen-bond acceptors (Lipinski definition) is 2. The Kier molecular flexibility index (Phi) is 3.77. The van der Waals surface area contributed by atoms with Gasteiger partial charge >= 0.3 is 0 Å². The molecule has 0 aliphatic rings. The van der Waals surface area contributed by atoms with Crippen molar-refractivity contribution in [1.82, 2.24) is 14.3 Å². The zero-order valence-electron chi connectivity index (χ0n) is 12.5. The SMILES string of the molecule is CCc1nn(C)cc1CNc1cccc(-n2cccc2)c1. The number of aromatic nitrogens is 3. The summed E-state index contributed by atoms with van der Waals surface area (Å²) in [7, 11) is 1.97. The minimum atomic E-state index is 0.798. The van der Waals surface area contributed by atoms with Crippen molar-refractivity contribution in [3.05, 3.63) is 66.2 Å². The number of aryl methyl sites for hydroxylation is 2. The van der Waals surface area contributed by atoms with E-state index in [0.29, 0.717) is 0 Å². The maximum absolute atomic E-state index is 4.47. The fourth-order valence-electron chi connectivity index (χ4n) is 2.51. The van der Waals surface area contributed by atoms with Gasteiger partial charge in [0.25, 0.3) is 0 Å². The lowest BCUT2D eigenvalue weighted by atomic mass is 10.2. The van der Waals surface area contributed by atoms with Crippen molar-refractivity contribution >= 4 is 5.69 Å². The Morgan fingerprint density at radius 3 is 2.71 bits per heavy atom. The molecule has 0 spiro atoms. The Morgan fingerprint density at radius 1 is 1.14 bits per heavy atom. The summed E-state index contributed by atoms with van der Waals surface area (Å²) >= 11 is 0. The molecule has 1 N–H and O–H groups in total. The van der Waals surface area contributed by atoms with Gasteiger partial charge in [-0.3, -0.25) is 4.68 Å². The van der Waals surface area contributed by atoms with Gasteiger partial charge in [-0.2, -0.15) is 5.10 Å². The molecule has 3 rings (SSSR count).